The number of carbonyl (C=O) groups is 5. The van der Waals surface area contributed by atoms with Gasteiger partial charge in [0, 0.05) is 56.0 Å². The van der Waals surface area contributed by atoms with Crippen molar-refractivity contribution in [1.29, 1.82) is 0 Å². The maximum atomic E-state index is 14.0. The van der Waals surface area contributed by atoms with Crippen molar-refractivity contribution in [2.45, 2.75) is 68.7 Å². The topological polar surface area (TPSA) is 228 Å². The number of carboxylic acids is 1. The first-order chi connectivity index (χ1) is 24.2. The van der Waals surface area contributed by atoms with Crippen molar-refractivity contribution >= 4 is 29.6 Å². The molecule has 5 atom stereocenters. The van der Waals surface area contributed by atoms with Gasteiger partial charge in [-0.25, -0.2) is 14.8 Å². The standard InChI is InChI=1S/C35H41N9O6/c36-26(16-24-18-37-20-39-24)34(48)44-13-7-12-30(44)33(47)42-27(14-22-8-3-1-4-9-22)31(45)41-28(17-25-19-38-21-40-25)32(46)43-29(35(49)50)15-23-10-5-2-6-11-23/h1-6,8-11,18-21,26-30H,7,12-17,36H2,(H,37,39)(H,38,40)(H,41,45)(H,42,47)(H,43,46)(H,49,50)/t26-,27+,28+,29+,30+/m1/s1. The highest BCUT2D eigenvalue weighted by atomic mass is 16.4. The molecular formula is C35H41N9O6. The smallest absolute Gasteiger partial charge is 0.326 e. The molecule has 0 aliphatic carbocycles. The zero-order chi connectivity index (χ0) is 35.5. The van der Waals surface area contributed by atoms with Crippen molar-refractivity contribution in [2.24, 2.45) is 5.73 Å². The van der Waals surface area contributed by atoms with Gasteiger partial charge in [0.15, 0.2) is 0 Å². The Bertz CT molecular complexity index is 1720. The predicted octanol–water partition coefficient (Wildman–Crippen LogP) is 0.261. The maximum absolute atomic E-state index is 14.0. The van der Waals surface area contributed by atoms with Crippen molar-refractivity contribution in [2.75, 3.05) is 6.54 Å². The molecule has 2 aromatic carbocycles. The third-order valence-corrected chi connectivity index (χ3v) is 8.58. The highest BCUT2D eigenvalue weighted by Crippen LogP contribution is 2.20. The summed E-state index contributed by atoms with van der Waals surface area (Å²) in [4.78, 5) is 82.1. The molecule has 1 aliphatic heterocycles. The molecule has 50 heavy (non-hydrogen) atoms. The van der Waals surface area contributed by atoms with Crippen molar-refractivity contribution < 1.29 is 29.1 Å². The molecule has 2 aromatic heterocycles. The lowest BCUT2D eigenvalue weighted by Gasteiger charge is -2.29. The summed E-state index contributed by atoms with van der Waals surface area (Å²) in [7, 11) is 0. The second-order valence-electron chi connectivity index (χ2n) is 12.3. The number of hydrogen-bond donors (Lipinski definition) is 7. The SMILES string of the molecule is N[C@H](Cc1cnc[nH]1)C(=O)N1CCC[C@H]1C(=O)N[C@@H](Cc1ccccc1)C(=O)N[C@@H](Cc1cnc[nH]1)C(=O)N[C@@H](Cc1ccccc1)C(=O)O. The van der Waals surface area contributed by atoms with E-state index in [1.54, 1.807) is 48.7 Å². The number of likely N-dealkylation sites (tertiary alicyclic amines) is 1. The Morgan fingerprint density at radius 2 is 1.28 bits per heavy atom. The molecule has 0 radical (unpaired) electrons. The molecule has 8 N–H and O–H groups in total. The molecule has 262 valence electrons. The number of nitrogens with one attached hydrogen (secondary N) is 5. The fourth-order valence-electron chi connectivity index (χ4n) is 5.98. The zero-order valence-corrected chi connectivity index (χ0v) is 27.3. The summed E-state index contributed by atoms with van der Waals surface area (Å²) in [6, 6.07) is 12.5. The van der Waals surface area contributed by atoms with Crippen molar-refractivity contribution in [1.82, 2.24) is 40.8 Å². The molecule has 15 heteroatoms. The molecule has 1 fully saturated rings. The lowest BCUT2D eigenvalue weighted by Crippen LogP contribution is -2.59. The first-order valence-electron chi connectivity index (χ1n) is 16.4. The summed E-state index contributed by atoms with van der Waals surface area (Å²) >= 11 is 0. The van der Waals surface area contributed by atoms with E-state index >= 15 is 0 Å². The van der Waals surface area contributed by atoms with Crippen LogP contribution in [-0.4, -0.2) is 96.3 Å². The summed E-state index contributed by atoms with van der Waals surface area (Å²) in [5, 5.41) is 18.0. The van der Waals surface area contributed by atoms with E-state index < -0.39 is 53.9 Å². The summed E-state index contributed by atoms with van der Waals surface area (Å²) in [6.07, 6.45) is 7.27. The van der Waals surface area contributed by atoms with Gasteiger partial charge in [0.1, 0.15) is 24.2 Å². The molecule has 0 unspecified atom stereocenters. The molecule has 5 rings (SSSR count). The van der Waals surface area contributed by atoms with Crippen molar-refractivity contribution in [3.05, 3.63) is 108 Å². The Labute approximate surface area is 288 Å². The van der Waals surface area contributed by atoms with Gasteiger partial charge in [-0.05, 0) is 24.0 Å². The fraction of sp³-hybridized carbons (Fsp3) is 0.343. The number of aliphatic carboxylic acids is 1. The number of aromatic amines is 2. The largest absolute Gasteiger partial charge is 0.480 e. The monoisotopic (exact) mass is 683 g/mol. The lowest BCUT2D eigenvalue weighted by molar-refractivity contribution is -0.142. The molecule has 1 aliphatic rings. The highest BCUT2D eigenvalue weighted by molar-refractivity contribution is 5.96. The number of carboxylic acid groups (broad SMARTS) is 1. The molecule has 0 bridgehead atoms. The number of nitrogens with zero attached hydrogens (tertiary/aromatic N) is 3. The van der Waals surface area contributed by atoms with Gasteiger partial charge in [0.05, 0.1) is 18.7 Å². The van der Waals surface area contributed by atoms with Crippen LogP contribution in [-0.2, 0) is 49.7 Å². The Balaban J connectivity index is 1.32. The number of H-pyrrole nitrogens is 2. The van der Waals surface area contributed by atoms with Crippen LogP contribution in [0.15, 0.2) is 85.7 Å². The Morgan fingerprint density at radius 1 is 0.760 bits per heavy atom. The molecule has 3 heterocycles. The predicted molar refractivity (Wildman–Crippen MR) is 181 cm³/mol. The maximum Gasteiger partial charge on any atom is 0.326 e. The van der Waals surface area contributed by atoms with Crippen LogP contribution in [0, 0.1) is 0 Å². The molecular weight excluding hydrogens is 642 g/mol. The van der Waals surface area contributed by atoms with Gasteiger partial charge in [-0.1, -0.05) is 60.7 Å². The number of rotatable bonds is 16. The van der Waals surface area contributed by atoms with Gasteiger partial charge in [0.25, 0.3) is 0 Å². The van der Waals surface area contributed by atoms with Crippen LogP contribution >= 0.6 is 0 Å². The van der Waals surface area contributed by atoms with Crippen LogP contribution in [0.25, 0.3) is 0 Å². The second kappa shape index (κ2) is 17.0. The van der Waals surface area contributed by atoms with E-state index in [-0.39, 0.29) is 31.6 Å². The molecule has 4 amide bonds. The molecule has 0 spiro atoms. The van der Waals surface area contributed by atoms with Crippen LogP contribution in [0.5, 0.6) is 0 Å². The Hall–Kier alpha value is -5.83. The quantitative estimate of drug-likeness (QED) is 0.0858. The number of hydrogen-bond acceptors (Lipinski definition) is 8. The minimum absolute atomic E-state index is 0.0274. The second-order valence-corrected chi connectivity index (χ2v) is 12.3. The first kappa shape index (κ1) is 35.5. The van der Waals surface area contributed by atoms with Crippen LogP contribution in [0.1, 0.15) is 35.4 Å². The van der Waals surface area contributed by atoms with Crippen LogP contribution in [0.3, 0.4) is 0 Å². The number of imidazole rings is 2. The number of amides is 4. The van der Waals surface area contributed by atoms with E-state index in [9.17, 15) is 29.1 Å². The number of nitrogens with two attached hydrogens (primary N) is 1. The first-order valence-corrected chi connectivity index (χ1v) is 16.4. The van der Waals surface area contributed by atoms with Crippen LogP contribution in [0.4, 0.5) is 0 Å². The van der Waals surface area contributed by atoms with Gasteiger partial charge in [-0.15, -0.1) is 0 Å². The summed E-state index contributed by atoms with van der Waals surface area (Å²) in [5.74, 6) is -3.53. The van der Waals surface area contributed by atoms with Gasteiger partial charge < -0.3 is 41.7 Å². The third-order valence-electron chi connectivity index (χ3n) is 8.58. The summed E-state index contributed by atoms with van der Waals surface area (Å²) in [5.41, 5.74) is 8.89. The van der Waals surface area contributed by atoms with E-state index in [1.807, 2.05) is 18.2 Å². The minimum atomic E-state index is -1.27. The van der Waals surface area contributed by atoms with Crippen LogP contribution in [0.2, 0.25) is 0 Å². The molecule has 0 saturated carbocycles. The Morgan fingerprint density at radius 3 is 1.82 bits per heavy atom. The van der Waals surface area contributed by atoms with E-state index in [0.717, 1.165) is 5.56 Å². The van der Waals surface area contributed by atoms with Crippen molar-refractivity contribution in [3.8, 4) is 0 Å². The minimum Gasteiger partial charge on any atom is -0.480 e. The van der Waals surface area contributed by atoms with E-state index in [2.05, 4.69) is 35.9 Å². The molecule has 1 saturated heterocycles. The third kappa shape index (κ3) is 9.63. The number of benzene rings is 2. The van der Waals surface area contributed by atoms with E-state index in [4.69, 9.17) is 5.73 Å². The molecule has 4 aromatic rings. The van der Waals surface area contributed by atoms with Crippen LogP contribution < -0.4 is 21.7 Å². The lowest BCUT2D eigenvalue weighted by atomic mass is 10.0. The van der Waals surface area contributed by atoms with Gasteiger partial charge in [0.2, 0.25) is 23.6 Å². The number of carbonyl (C=O) groups excluding carboxylic acids is 4. The normalized spacial score (nSPS) is 16.5. The average molecular weight is 684 g/mol. The van der Waals surface area contributed by atoms with E-state index in [1.165, 1.54) is 23.8 Å². The molecule has 15 nitrogen and oxygen atoms in total. The average Bonchev–Trinajstić information content (AvgIpc) is 3.92. The van der Waals surface area contributed by atoms with Gasteiger partial charge in [-0.2, -0.15) is 0 Å². The van der Waals surface area contributed by atoms with Crippen molar-refractivity contribution in [3.63, 3.8) is 0 Å². The Kier molecular flexibility index (Phi) is 12.1. The summed E-state index contributed by atoms with van der Waals surface area (Å²) < 4.78 is 0. The fourth-order valence-corrected chi connectivity index (χ4v) is 5.98. The van der Waals surface area contributed by atoms with Gasteiger partial charge in [-0.3, -0.25) is 19.2 Å². The zero-order valence-electron chi connectivity index (χ0n) is 27.3. The highest BCUT2D eigenvalue weighted by Gasteiger charge is 2.38. The number of aromatic nitrogens is 4. The van der Waals surface area contributed by atoms with E-state index in [0.29, 0.717) is 36.3 Å². The van der Waals surface area contributed by atoms with Gasteiger partial charge >= 0.3 is 5.97 Å². The summed E-state index contributed by atoms with van der Waals surface area (Å²) in [6.45, 7) is 0.337.